The quantitative estimate of drug-likeness (QED) is 0.0222. The Hall–Kier alpha value is -1.94. The van der Waals surface area contributed by atoms with Crippen molar-refractivity contribution in [3.05, 3.63) is 0 Å². The summed E-state index contributed by atoms with van der Waals surface area (Å²) in [6.07, 6.45) is 68.1. The minimum atomic E-state index is -4.97. The van der Waals surface area contributed by atoms with Crippen molar-refractivity contribution in [2.24, 2.45) is 23.7 Å². The fourth-order valence-electron chi connectivity index (χ4n) is 13.8. The number of phosphoric acid groups is 2. The molecule has 108 heavy (non-hydrogen) atoms. The predicted octanol–water partition coefficient (Wildman–Crippen LogP) is 27.1. The molecule has 3 N–H and O–H groups in total. The second-order valence-corrected chi connectivity index (χ2v) is 36.8. The smallest absolute Gasteiger partial charge is 0.462 e. The van der Waals surface area contributed by atoms with Gasteiger partial charge in [-0.1, -0.05) is 415 Å². The molecular weight excluding hydrogens is 1400 g/mol. The van der Waals surface area contributed by atoms with Gasteiger partial charge >= 0.3 is 39.5 Å². The third-order valence-corrected chi connectivity index (χ3v) is 22.7. The van der Waals surface area contributed by atoms with Crippen molar-refractivity contribution in [2.45, 2.75) is 485 Å². The third-order valence-electron chi connectivity index (χ3n) is 20.8. The number of aliphatic hydroxyl groups is 1. The molecule has 0 radical (unpaired) electrons. The van der Waals surface area contributed by atoms with Gasteiger partial charge in [0.1, 0.15) is 19.3 Å². The van der Waals surface area contributed by atoms with E-state index in [4.69, 9.17) is 37.0 Å². The number of phosphoric ester groups is 2. The molecule has 0 bridgehead atoms. The lowest BCUT2D eigenvalue weighted by atomic mass is 10.0. The number of hydrogen-bond donors (Lipinski definition) is 3. The minimum absolute atomic E-state index is 0.106. The van der Waals surface area contributed by atoms with Crippen molar-refractivity contribution in [1.82, 2.24) is 0 Å². The summed E-state index contributed by atoms with van der Waals surface area (Å²) >= 11 is 0. The fraction of sp³-hybridized carbons (Fsp3) is 0.955. The van der Waals surface area contributed by atoms with Gasteiger partial charge in [-0.05, 0) is 49.4 Å². The van der Waals surface area contributed by atoms with Crippen molar-refractivity contribution in [3.63, 3.8) is 0 Å². The zero-order valence-corrected chi connectivity index (χ0v) is 73.3. The van der Waals surface area contributed by atoms with Crippen molar-refractivity contribution >= 4 is 39.5 Å². The van der Waals surface area contributed by atoms with Crippen LogP contribution in [0.25, 0.3) is 0 Å². The number of ether oxygens (including phenoxy) is 4. The Morgan fingerprint density at radius 3 is 0.574 bits per heavy atom. The second kappa shape index (κ2) is 77.6. The van der Waals surface area contributed by atoms with Gasteiger partial charge in [0.2, 0.25) is 0 Å². The van der Waals surface area contributed by atoms with E-state index in [2.05, 4.69) is 55.4 Å². The molecule has 17 nitrogen and oxygen atoms in total. The first kappa shape index (κ1) is 106. The fourth-order valence-corrected chi connectivity index (χ4v) is 15.4. The highest BCUT2D eigenvalue weighted by Crippen LogP contribution is 2.45. The van der Waals surface area contributed by atoms with Gasteiger partial charge in [0, 0.05) is 25.7 Å². The zero-order valence-electron chi connectivity index (χ0n) is 71.5. The second-order valence-electron chi connectivity index (χ2n) is 33.9. The normalized spacial score (nSPS) is 13.9. The van der Waals surface area contributed by atoms with Crippen LogP contribution in [0.4, 0.5) is 0 Å². The van der Waals surface area contributed by atoms with Gasteiger partial charge in [0.15, 0.2) is 12.2 Å². The summed E-state index contributed by atoms with van der Waals surface area (Å²) < 4.78 is 69.0. The van der Waals surface area contributed by atoms with E-state index in [1.807, 2.05) is 0 Å². The number of carbonyl (C=O) groups is 4. The van der Waals surface area contributed by atoms with Crippen molar-refractivity contribution < 1.29 is 80.2 Å². The molecule has 0 spiro atoms. The number of unbranched alkanes of at least 4 members (excludes halogenated alkanes) is 52. The minimum Gasteiger partial charge on any atom is -0.462 e. The third kappa shape index (κ3) is 82.1. The van der Waals surface area contributed by atoms with Gasteiger partial charge < -0.3 is 33.8 Å². The standard InChI is InChI=1S/C89H174O17P2/c1-79(2)65-57-49-41-33-25-21-17-13-9-11-15-19-23-27-37-45-53-61-69-86(91)99-75-84(105-88(93)71-63-55-47-39-28-24-20-16-12-10-14-18-22-26-34-42-50-58-66-80(3)4)77-103-107(95,96)101-73-83(90)74-102-108(97,98)104-78-85(106-89(94)72-64-56-48-40-32-30-36-44-52-60-68-82(7)8)76-100-87(92)70-62-54-46-38-31-29-35-43-51-59-67-81(5)6/h79-85,90H,9-78H2,1-8H3,(H,95,96)(H,97,98)/t83-,84-,85-/m1/s1. The molecule has 0 aromatic rings. The highest BCUT2D eigenvalue weighted by molar-refractivity contribution is 7.47. The van der Waals surface area contributed by atoms with Crippen LogP contribution in [0.5, 0.6) is 0 Å². The molecule has 0 aliphatic heterocycles. The van der Waals surface area contributed by atoms with E-state index in [9.17, 15) is 43.2 Å². The maximum atomic E-state index is 13.2. The summed E-state index contributed by atoms with van der Waals surface area (Å²) in [6, 6.07) is 0. The molecule has 0 heterocycles. The molecule has 0 aliphatic rings. The van der Waals surface area contributed by atoms with E-state index in [0.717, 1.165) is 114 Å². The van der Waals surface area contributed by atoms with Crippen LogP contribution in [-0.2, 0) is 65.4 Å². The summed E-state index contributed by atoms with van der Waals surface area (Å²) in [7, 11) is -9.93. The van der Waals surface area contributed by atoms with Crippen molar-refractivity contribution in [1.29, 1.82) is 0 Å². The summed E-state index contributed by atoms with van der Waals surface area (Å²) in [5.41, 5.74) is 0. The molecule has 0 amide bonds. The number of rotatable bonds is 86. The molecule has 0 aromatic carbocycles. The van der Waals surface area contributed by atoms with Crippen LogP contribution in [0.3, 0.4) is 0 Å². The first-order chi connectivity index (χ1) is 52.1. The molecule has 0 fully saturated rings. The lowest BCUT2D eigenvalue weighted by Gasteiger charge is -2.21. The maximum absolute atomic E-state index is 13.2. The molecule has 0 saturated carbocycles. The number of esters is 4. The zero-order chi connectivity index (χ0) is 79.5. The summed E-state index contributed by atoms with van der Waals surface area (Å²) in [4.78, 5) is 73.3. The van der Waals surface area contributed by atoms with Gasteiger partial charge in [0.25, 0.3) is 0 Å². The SMILES string of the molecule is CC(C)CCCCCCCCCCCCCCCCCCCCC(=O)OC[C@H](COP(=O)(O)OC[C@@H](O)COP(=O)(O)OC[C@@H](COC(=O)CCCCCCCCCCCCC(C)C)OC(=O)CCCCCCCCCCCCC(C)C)OC(=O)CCCCCCCCCCCCCCCCCCCCC(C)C. The molecular formula is C89H174O17P2. The van der Waals surface area contributed by atoms with E-state index < -0.39 is 97.5 Å². The molecule has 642 valence electrons. The van der Waals surface area contributed by atoms with Crippen LogP contribution < -0.4 is 0 Å². The Balaban J connectivity index is 5.24. The van der Waals surface area contributed by atoms with Crippen LogP contribution in [0.15, 0.2) is 0 Å². The van der Waals surface area contributed by atoms with Crippen LogP contribution >= 0.6 is 15.6 Å². The van der Waals surface area contributed by atoms with E-state index in [1.165, 1.54) is 270 Å². The molecule has 2 unspecified atom stereocenters. The van der Waals surface area contributed by atoms with Gasteiger partial charge in [-0.25, -0.2) is 9.13 Å². The molecule has 0 saturated heterocycles. The van der Waals surface area contributed by atoms with Crippen molar-refractivity contribution in [2.75, 3.05) is 39.6 Å². The highest BCUT2D eigenvalue weighted by atomic mass is 31.2. The largest absolute Gasteiger partial charge is 0.472 e. The predicted molar refractivity (Wildman–Crippen MR) is 446 cm³/mol. The van der Waals surface area contributed by atoms with E-state index in [1.54, 1.807) is 0 Å². The highest BCUT2D eigenvalue weighted by Gasteiger charge is 2.31. The van der Waals surface area contributed by atoms with Gasteiger partial charge in [0.05, 0.1) is 26.4 Å². The Bertz CT molecular complexity index is 2090. The van der Waals surface area contributed by atoms with Crippen LogP contribution in [0, 0.1) is 23.7 Å². The van der Waals surface area contributed by atoms with Crippen LogP contribution in [0.2, 0.25) is 0 Å². The Morgan fingerprint density at radius 2 is 0.389 bits per heavy atom. The monoisotopic (exact) mass is 1580 g/mol. The number of hydrogen-bond acceptors (Lipinski definition) is 15. The molecule has 0 rings (SSSR count). The summed E-state index contributed by atoms with van der Waals surface area (Å²) in [5, 5.41) is 10.7. The topological polar surface area (TPSA) is 237 Å². The lowest BCUT2D eigenvalue weighted by Crippen LogP contribution is -2.30. The Labute approximate surface area is 664 Å². The van der Waals surface area contributed by atoms with Crippen LogP contribution in [-0.4, -0.2) is 96.7 Å². The average molecular weight is 1580 g/mol. The first-order valence-corrected chi connectivity index (χ1v) is 48.7. The summed E-state index contributed by atoms with van der Waals surface area (Å²) in [5.74, 6) is 1.05. The molecule has 5 atom stereocenters. The molecule has 19 heteroatoms. The molecule has 0 aliphatic carbocycles. The first-order valence-electron chi connectivity index (χ1n) is 45.7. The summed E-state index contributed by atoms with van der Waals surface area (Å²) in [6.45, 7) is 14.4. The van der Waals surface area contributed by atoms with E-state index in [0.29, 0.717) is 25.7 Å². The van der Waals surface area contributed by atoms with Gasteiger partial charge in [-0.3, -0.25) is 37.3 Å². The van der Waals surface area contributed by atoms with Crippen molar-refractivity contribution in [3.8, 4) is 0 Å². The Morgan fingerprint density at radius 1 is 0.231 bits per heavy atom. The van der Waals surface area contributed by atoms with E-state index >= 15 is 0 Å². The van der Waals surface area contributed by atoms with Gasteiger partial charge in [-0.2, -0.15) is 0 Å². The maximum Gasteiger partial charge on any atom is 0.472 e. The number of aliphatic hydroxyl groups excluding tert-OH is 1. The van der Waals surface area contributed by atoms with E-state index in [-0.39, 0.29) is 25.7 Å². The number of carbonyl (C=O) groups excluding carboxylic acids is 4. The molecule has 0 aromatic heterocycles. The van der Waals surface area contributed by atoms with Crippen LogP contribution in [0.1, 0.15) is 466 Å². The Kier molecular flexibility index (Phi) is 76.2. The lowest BCUT2D eigenvalue weighted by molar-refractivity contribution is -0.161. The average Bonchev–Trinajstić information content (AvgIpc) is 0.900. The van der Waals surface area contributed by atoms with Gasteiger partial charge in [-0.15, -0.1) is 0 Å².